The van der Waals surface area contributed by atoms with Crippen molar-refractivity contribution in [1.29, 1.82) is 0 Å². The molecule has 1 aromatic rings. The maximum absolute atomic E-state index is 9.72. The predicted molar refractivity (Wildman–Crippen MR) is 70.0 cm³/mol. The van der Waals surface area contributed by atoms with Crippen LogP contribution in [0.4, 0.5) is 0 Å². The number of phenols is 1. The van der Waals surface area contributed by atoms with E-state index < -0.39 is 0 Å². The molecule has 0 fully saturated rings. The van der Waals surface area contributed by atoms with E-state index in [-0.39, 0.29) is 0 Å². The Kier molecular flexibility index (Phi) is 3.55. The van der Waals surface area contributed by atoms with Crippen LogP contribution in [-0.2, 0) is 6.42 Å². The molecule has 0 unspecified atom stereocenters. The fourth-order valence-electron chi connectivity index (χ4n) is 2.37. The zero-order valence-corrected chi connectivity index (χ0v) is 11.3. The number of halogens is 1. The third-order valence-corrected chi connectivity index (χ3v) is 3.98. The molecule has 0 amide bonds. The quantitative estimate of drug-likeness (QED) is 0.830. The molecule has 2 nitrogen and oxygen atoms in total. The van der Waals surface area contributed by atoms with Crippen molar-refractivity contribution in [1.82, 2.24) is 5.32 Å². The molecule has 0 bridgehead atoms. The number of hydrogen-bond donors (Lipinski definition) is 2. The van der Waals surface area contributed by atoms with Crippen molar-refractivity contribution in [3.8, 4) is 5.75 Å². The summed E-state index contributed by atoms with van der Waals surface area (Å²) in [5.74, 6) is 1.50. The lowest BCUT2D eigenvalue weighted by atomic mass is 9.86. The minimum Gasteiger partial charge on any atom is -0.507 e. The van der Waals surface area contributed by atoms with Crippen molar-refractivity contribution in [2.45, 2.75) is 26.2 Å². The Balaban J connectivity index is 2.48. The van der Waals surface area contributed by atoms with Crippen LogP contribution in [0, 0.1) is 5.92 Å². The number of benzene rings is 1. The van der Waals surface area contributed by atoms with Crippen molar-refractivity contribution in [3.05, 3.63) is 27.7 Å². The monoisotopic (exact) mass is 283 g/mol. The summed E-state index contributed by atoms with van der Waals surface area (Å²) in [5, 5.41) is 13.2. The second-order valence-electron chi connectivity index (χ2n) is 4.81. The predicted octanol–water partition coefficient (Wildman–Crippen LogP) is 3.04. The van der Waals surface area contributed by atoms with Crippen LogP contribution >= 0.6 is 15.9 Å². The summed E-state index contributed by atoms with van der Waals surface area (Å²) >= 11 is 3.41. The molecular weight excluding hydrogens is 266 g/mol. The van der Waals surface area contributed by atoms with E-state index in [1.54, 1.807) is 0 Å². The summed E-state index contributed by atoms with van der Waals surface area (Å²) in [4.78, 5) is 0. The average molecular weight is 284 g/mol. The van der Waals surface area contributed by atoms with E-state index in [1.165, 1.54) is 11.1 Å². The summed E-state index contributed by atoms with van der Waals surface area (Å²) < 4.78 is 0.804. The molecule has 2 N–H and O–H groups in total. The Labute approximate surface area is 105 Å². The molecule has 88 valence electrons. The Morgan fingerprint density at radius 2 is 2.19 bits per heavy atom. The number of phenolic OH excluding ortho intramolecular Hbond substituents is 1. The smallest absolute Gasteiger partial charge is 0.130 e. The fourth-order valence-corrected chi connectivity index (χ4v) is 2.73. The Hall–Kier alpha value is -0.540. The van der Waals surface area contributed by atoms with Crippen molar-refractivity contribution in [2.24, 2.45) is 5.92 Å². The third kappa shape index (κ3) is 2.25. The fraction of sp³-hybridized carbons (Fsp3) is 0.538. The minimum absolute atomic E-state index is 0.350. The second-order valence-corrected chi connectivity index (χ2v) is 5.66. The van der Waals surface area contributed by atoms with Gasteiger partial charge >= 0.3 is 0 Å². The van der Waals surface area contributed by atoms with Crippen LogP contribution in [0.15, 0.2) is 16.6 Å². The van der Waals surface area contributed by atoms with Gasteiger partial charge < -0.3 is 10.4 Å². The first-order valence-corrected chi connectivity index (χ1v) is 6.61. The SMILES string of the molecule is CC(C)[C@H]1CNCCc2cc(O)c(Br)cc21. The normalized spacial score (nSPS) is 20.6. The van der Waals surface area contributed by atoms with E-state index in [0.717, 1.165) is 24.0 Å². The lowest BCUT2D eigenvalue weighted by molar-refractivity contribution is 0.465. The molecule has 1 aliphatic rings. The van der Waals surface area contributed by atoms with Crippen LogP contribution in [0.3, 0.4) is 0 Å². The molecule has 0 spiro atoms. The standard InChI is InChI=1S/C13H18BrNO/c1-8(2)11-7-15-4-3-9-5-13(16)12(14)6-10(9)11/h5-6,8,11,15-16H,3-4,7H2,1-2H3/t11-/m1/s1. The molecule has 3 heteroatoms. The van der Waals surface area contributed by atoms with Crippen molar-refractivity contribution in [3.63, 3.8) is 0 Å². The van der Waals surface area contributed by atoms with Gasteiger partial charge in [-0.1, -0.05) is 13.8 Å². The third-order valence-electron chi connectivity index (χ3n) is 3.35. The molecule has 1 aromatic carbocycles. The maximum Gasteiger partial charge on any atom is 0.130 e. The summed E-state index contributed by atoms with van der Waals surface area (Å²) in [6.07, 6.45) is 0.999. The van der Waals surface area contributed by atoms with E-state index in [1.807, 2.05) is 6.07 Å². The van der Waals surface area contributed by atoms with Gasteiger partial charge in [-0.05, 0) is 64.0 Å². The lowest BCUT2D eigenvalue weighted by Gasteiger charge is -2.22. The van der Waals surface area contributed by atoms with Gasteiger partial charge in [-0.25, -0.2) is 0 Å². The van der Waals surface area contributed by atoms with Gasteiger partial charge in [0.05, 0.1) is 4.47 Å². The summed E-state index contributed by atoms with van der Waals surface area (Å²) in [7, 11) is 0. The Morgan fingerprint density at radius 1 is 1.44 bits per heavy atom. The highest BCUT2D eigenvalue weighted by Crippen LogP contribution is 2.35. The van der Waals surface area contributed by atoms with Gasteiger partial charge in [0.25, 0.3) is 0 Å². The van der Waals surface area contributed by atoms with E-state index >= 15 is 0 Å². The average Bonchev–Trinajstić information content (AvgIpc) is 2.41. The van der Waals surface area contributed by atoms with Gasteiger partial charge in [-0.15, -0.1) is 0 Å². The van der Waals surface area contributed by atoms with Crippen molar-refractivity contribution < 1.29 is 5.11 Å². The van der Waals surface area contributed by atoms with E-state index in [2.05, 4.69) is 41.2 Å². The first-order chi connectivity index (χ1) is 7.59. The molecule has 0 aliphatic carbocycles. The molecule has 1 aliphatic heterocycles. The van der Waals surface area contributed by atoms with Gasteiger partial charge in [0.2, 0.25) is 0 Å². The second kappa shape index (κ2) is 4.76. The van der Waals surface area contributed by atoms with Crippen LogP contribution in [-0.4, -0.2) is 18.2 Å². The lowest BCUT2D eigenvalue weighted by Crippen LogP contribution is -2.23. The number of aromatic hydroxyl groups is 1. The zero-order valence-electron chi connectivity index (χ0n) is 9.76. The van der Waals surface area contributed by atoms with Crippen LogP contribution in [0.5, 0.6) is 5.75 Å². The molecule has 0 saturated heterocycles. The number of nitrogens with one attached hydrogen (secondary N) is 1. The highest BCUT2D eigenvalue weighted by molar-refractivity contribution is 9.10. The molecule has 0 aromatic heterocycles. The van der Waals surface area contributed by atoms with E-state index in [9.17, 15) is 5.11 Å². The highest BCUT2D eigenvalue weighted by atomic mass is 79.9. The zero-order chi connectivity index (χ0) is 11.7. The molecule has 2 rings (SSSR count). The number of rotatable bonds is 1. The summed E-state index contributed by atoms with van der Waals surface area (Å²) in [6.45, 7) is 6.53. The topological polar surface area (TPSA) is 32.3 Å². The van der Waals surface area contributed by atoms with Crippen LogP contribution in [0.2, 0.25) is 0 Å². The van der Waals surface area contributed by atoms with Gasteiger partial charge in [0, 0.05) is 6.54 Å². The molecular formula is C13H18BrNO. The Bertz CT molecular complexity index is 390. The summed E-state index contributed by atoms with van der Waals surface area (Å²) in [5.41, 5.74) is 2.66. The molecule has 1 atom stereocenters. The molecule has 1 heterocycles. The largest absolute Gasteiger partial charge is 0.507 e. The van der Waals surface area contributed by atoms with Crippen molar-refractivity contribution >= 4 is 15.9 Å². The molecule has 0 saturated carbocycles. The van der Waals surface area contributed by atoms with E-state index in [4.69, 9.17) is 0 Å². The maximum atomic E-state index is 9.72. The number of fused-ring (bicyclic) bond motifs is 1. The van der Waals surface area contributed by atoms with Crippen LogP contribution in [0.1, 0.15) is 30.9 Å². The summed E-state index contributed by atoms with van der Waals surface area (Å²) in [6, 6.07) is 3.99. The first kappa shape index (κ1) is 11.9. The van der Waals surface area contributed by atoms with Crippen molar-refractivity contribution in [2.75, 3.05) is 13.1 Å². The van der Waals surface area contributed by atoms with Gasteiger partial charge in [-0.2, -0.15) is 0 Å². The number of hydrogen-bond acceptors (Lipinski definition) is 2. The van der Waals surface area contributed by atoms with Crippen LogP contribution in [0.25, 0.3) is 0 Å². The van der Waals surface area contributed by atoms with Gasteiger partial charge in [-0.3, -0.25) is 0 Å². The Morgan fingerprint density at radius 3 is 2.88 bits per heavy atom. The van der Waals surface area contributed by atoms with E-state index in [0.29, 0.717) is 17.6 Å². The van der Waals surface area contributed by atoms with Gasteiger partial charge in [0.1, 0.15) is 5.75 Å². The molecule has 16 heavy (non-hydrogen) atoms. The van der Waals surface area contributed by atoms with Crippen LogP contribution < -0.4 is 5.32 Å². The highest BCUT2D eigenvalue weighted by Gasteiger charge is 2.22. The molecule has 0 radical (unpaired) electrons. The first-order valence-electron chi connectivity index (χ1n) is 5.81. The van der Waals surface area contributed by atoms with Gasteiger partial charge in [0.15, 0.2) is 0 Å². The minimum atomic E-state index is 0.350.